The summed E-state index contributed by atoms with van der Waals surface area (Å²) in [5, 5.41) is 4.55. The highest BCUT2D eigenvalue weighted by Crippen LogP contribution is 2.37. The van der Waals surface area contributed by atoms with Crippen molar-refractivity contribution >= 4 is 17.0 Å². The maximum Gasteiger partial charge on any atom is 0.0905 e. The van der Waals surface area contributed by atoms with E-state index in [4.69, 9.17) is 0 Å². The molecule has 3 rings (SSSR count). The lowest BCUT2D eigenvalue weighted by molar-refractivity contribution is 1.14. The lowest BCUT2D eigenvalue weighted by atomic mass is 10.1. The van der Waals surface area contributed by atoms with Gasteiger partial charge in [0.05, 0.1) is 22.1 Å². The number of fused-ring (bicyclic) bond motifs is 3. The monoisotopic (exact) mass is 202 g/mol. The minimum Gasteiger partial charge on any atom is -0.380 e. The Morgan fingerprint density at radius 1 is 1.36 bits per heavy atom. The Morgan fingerprint density at radius 2 is 2.21 bits per heavy atom. The van der Waals surface area contributed by atoms with Crippen LogP contribution in [-0.2, 0) is 6.54 Å². The van der Waals surface area contributed by atoms with Gasteiger partial charge >= 0.3 is 0 Å². The molecule has 0 saturated carbocycles. The van der Waals surface area contributed by atoms with Crippen molar-refractivity contribution in [3.63, 3.8) is 0 Å². The maximum atomic E-state index is 4.57. The Kier molecular flexibility index (Phi) is 1.61. The number of benzene rings is 1. The number of hydrogen-bond acceptors (Lipinski definition) is 3. The van der Waals surface area contributed by atoms with Gasteiger partial charge in [-0.1, -0.05) is 18.2 Å². The summed E-state index contributed by atoms with van der Waals surface area (Å²) in [6.07, 6.45) is 0. The molecule has 3 heteroatoms. The molecule has 14 heavy (non-hydrogen) atoms. The van der Waals surface area contributed by atoms with Gasteiger partial charge in [0.2, 0.25) is 0 Å². The summed E-state index contributed by atoms with van der Waals surface area (Å²) in [6.45, 7) is 2.98. The Balaban J connectivity index is 2.28. The molecule has 1 N–H and O–H groups in total. The molecule has 2 aromatic rings. The molecule has 2 heterocycles. The van der Waals surface area contributed by atoms with E-state index >= 15 is 0 Å². The predicted molar refractivity (Wildman–Crippen MR) is 59.6 cm³/mol. The van der Waals surface area contributed by atoms with Crippen molar-refractivity contribution in [3.8, 4) is 11.3 Å². The van der Waals surface area contributed by atoms with Crippen LogP contribution in [0.3, 0.4) is 0 Å². The Labute approximate surface area is 86.6 Å². The zero-order valence-electron chi connectivity index (χ0n) is 7.87. The molecule has 0 radical (unpaired) electrons. The van der Waals surface area contributed by atoms with Crippen molar-refractivity contribution in [2.24, 2.45) is 0 Å². The molecule has 0 fully saturated rings. The number of para-hydroxylation sites is 1. The molecule has 1 aromatic heterocycles. The van der Waals surface area contributed by atoms with Crippen molar-refractivity contribution in [2.75, 3.05) is 5.32 Å². The van der Waals surface area contributed by atoms with E-state index < -0.39 is 0 Å². The van der Waals surface area contributed by atoms with E-state index in [1.807, 2.05) is 0 Å². The van der Waals surface area contributed by atoms with Crippen LogP contribution in [0.2, 0.25) is 0 Å². The first-order chi connectivity index (χ1) is 6.84. The summed E-state index contributed by atoms with van der Waals surface area (Å²) in [6, 6.07) is 8.34. The minimum atomic E-state index is 0.915. The third-order valence-corrected chi connectivity index (χ3v) is 3.40. The molecule has 1 aliphatic rings. The van der Waals surface area contributed by atoms with E-state index in [1.165, 1.54) is 21.8 Å². The number of thiazole rings is 1. The smallest absolute Gasteiger partial charge is 0.0905 e. The third kappa shape index (κ3) is 1.06. The average Bonchev–Trinajstić information content (AvgIpc) is 2.59. The highest BCUT2D eigenvalue weighted by molar-refractivity contribution is 7.12. The first kappa shape index (κ1) is 8.00. The van der Waals surface area contributed by atoms with E-state index in [0.29, 0.717) is 0 Å². The van der Waals surface area contributed by atoms with Crippen LogP contribution in [0.15, 0.2) is 24.3 Å². The third-order valence-electron chi connectivity index (χ3n) is 2.43. The molecule has 2 nitrogen and oxygen atoms in total. The van der Waals surface area contributed by atoms with Gasteiger partial charge in [0.15, 0.2) is 0 Å². The molecule has 0 unspecified atom stereocenters. The van der Waals surface area contributed by atoms with Gasteiger partial charge in [0, 0.05) is 11.3 Å². The predicted octanol–water partition coefficient (Wildman–Crippen LogP) is 3.04. The topological polar surface area (TPSA) is 24.9 Å². The van der Waals surface area contributed by atoms with Crippen LogP contribution in [0, 0.1) is 6.92 Å². The molecule has 0 spiro atoms. The summed E-state index contributed by atoms with van der Waals surface area (Å²) in [4.78, 5) is 5.92. The number of nitrogens with one attached hydrogen (secondary N) is 1. The number of rotatable bonds is 0. The van der Waals surface area contributed by atoms with Crippen LogP contribution in [-0.4, -0.2) is 4.98 Å². The van der Waals surface area contributed by atoms with E-state index in [-0.39, 0.29) is 0 Å². The van der Waals surface area contributed by atoms with Crippen LogP contribution in [0.1, 0.15) is 9.88 Å². The summed E-state index contributed by atoms with van der Waals surface area (Å²) in [7, 11) is 0. The zero-order chi connectivity index (χ0) is 9.54. The molecule has 0 amide bonds. The van der Waals surface area contributed by atoms with Crippen molar-refractivity contribution in [3.05, 3.63) is 34.2 Å². The van der Waals surface area contributed by atoms with Gasteiger partial charge in [-0.3, -0.25) is 0 Å². The number of hydrogen-bond donors (Lipinski definition) is 1. The normalized spacial score (nSPS) is 12.9. The molecule has 0 saturated heterocycles. The number of aryl methyl sites for hydroxylation is 1. The second kappa shape index (κ2) is 2.82. The SMILES string of the molecule is Cc1nc2c(s1)CNc1ccccc1-2. The largest absolute Gasteiger partial charge is 0.380 e. The fraction of sp³-hybridized carbons (Fsp3) is 0.182. The van der Waals surface area contributed by atoms with Crippen LogP contribution in [0.4, 0.5) is 5.69 Å². The first-order valence-electron chi connectivity index (χ1n) is 4.64. The molecular formula is C11H10N2S. The van der Waals surface area contributed by atoms with Crippen LogP contribution in [0.5, 0.6) is 0 Å². The lowest BCUT2D eigenvalue weighted by Gasteiger charge is -2.16. The summed E-state index contributed by atoms with van der Waals surface area (Å²) >= 11 is 1.78. The van der Waals surface area contributed by atoms with E-state index in [1.54, 1.807) is 11.3 Å². The van der Waals surface area contributed by atoms with Gasteiger partial charge in [-0.2, -0.15) is 0 Å². The average molecular weight is 202 g/mol. The number of anilines is 1. The Bertz CT molecular complexity index is 488. The van der Waals surface area contributed by atoms with E-state index in [9.17, 15) is 0 Å². The second-order valence-electron chi connectivity index (χ2n) is 3.40. The molecule has 0 aliphatic carbocycles. The molecule has 0 atom stereocenters. The maximum absolute atomic E-state index is 4.57. The highest BCUT2D eigenvalue weighted by Gasteiger charge is 2.18. The zero-order valence-corrected chi connectivity index (χ0v) is 8.69. The quantitative estimate of drug-likeness (QED) is 0.710. The molecule has 70 valence electrons. The molecule has 1 aromatic carbocycles. The van der Waals surface area contributed by atoms with Crippen molar-refractivity contribution < 1.29 is 0 Å². The van der Waals surface area contributed by atoms with E-state index in [2.05, 4.69) is 41.5 Å². The van der Waals surface area contributed by atoms with Gasteiger partial charge in [-0.15, -0.1) is 11.3 Å². The summed E-state index contributed by atoms with van der Waals surface area (Å²) in [5.41, 5.74) is 3.60. The van der Waals surface area contributed by atoms with Crippen LogP contribution >= 0.6 is 11.3 Å². The number of nitrogens with zero attached hydrogens (tertiary/aromatic N) is 1. The first-order valence-corrected chi connectivity index (χ1v) is 5.46. The van der Waals surface area contributed by atoms with E-state index in [0.717, 1.165) is 11.6 Å². The minimum absolute atomic E-state index is 0.915. The number of aromatic nitrogens is 1. The molecule has 0 bridgehead atoms. The standard InChI is InChI=1S/C11H10N2S/c1-7-13-11-8-4-2-3-5-9(8)12-6-10(11)14-7/h2-5,12H,6H2,1H3. The fourth-order valence-corrected chi connectivity index (χ4v) is 2.71. The fourth-order valence-electron chi connectivity index (χ4n) is 1.82. The van der Waals surface area contributed by atoms with Gasteiger partial charge in [-0.25, -0.2) is 4.98 Å². The molecule has 1 aliphatic heterocycles. The summed E-state index contributed by atoms with van der Waals surface area (Å²) < 4.78 is 0. The second-order valence-corrected chi connectivity index (χ2v) is 4.69. The van der Waals surface area contributed by atoms with Crippen LogP contribution < -0.4 is 5.32 Å². The van der Waals surface area contributed by atoms with Gasteiger partial charge in [0.25, 0.3) is 0 Å². The highest BCUT2D eigenvalue weighted by atomic mass is 32.1. The van der Waals surface area contributed by atoms with Crippen molar-refractivity contribution in [2.45, 2.75) is 13.5 Å². The van der Waals surface area contributed by atoms with Gasteiger partial charge in [-0.05, 0) is 13.0 Å². The van der Waals surface area contributed by atoms with Crippen LogP contribution in [0.25, 0.3) is 11.3 Å². The van der Waals surface area contributed by atoms with Crippen molar-refractivity contribution in [1.82, 2.24) is 4.98 Å². The molecular weight excluding hydrogens is 192 g/mol. The lowest BCUT2D eigenvalue weighted by Crippen LogP contribution is -2.06. The van der Waals surface area contributed by atoms with Gasteiger partial charge < -0.3 is 5.32 Å². The Hall–Kier alpha value is -1.35. The Morgan fingerprint density at radius 3 is 3.14 bits per heavy atom. The van der Waals surface area contributed by atoms with Crippen molar-refractivity contribution in [1.29, 1.82) is 0 Å². The summed E-state index contributed by atoms with van der Waals surface area (Å²) in [5.74, 6) is 0. The van der Waals surface area contributed by atoms with Gasteiger partial charge in [0.1, 0.15) is 0 Å².